The van der Waals surface area contributed by atoms with E-state index in [0.29, 0.717) is 6.54 Å². The van der Waals surface area contributed by atoms with Gasteiger partial charge in [-0.25, -0.2) is 0 Å². The molecule has 0 saturated heterocycles. The van der Waals surface area contributed by atoms with Gasteiger partial charge in [0.2, 0.25) is 0 Å². The zero-order chi connectivity index (χ0) is 14.5. The lowest BCUT2D eigenvalue weighted by atomic mass is 10.1. The minimum atomic E-state index is -0.175. The smallest absolute Gasteiger partial charge is 0.136 e. The maximum absolute atomic E-state index is 6.05. The van der Waals surface area contributed by atoms with E-state index in [1.807, 2.05) is 43.3 Å². The van der Waals surface area contributed by atoms with Gasteiger partial charge < -0.3 is 15.2 Å². The van der Waals surface area contributed by atoms with E-state index in [1.54, 1.807) is 7.11 Å². The molecule has 1 unspecified atom stereocenters. The van der Waals surface area contributed by atoms with Crippen LogP contribution in [0.2, 0.25) is 0 Å². The van der Waals surface area contributed by atoms with Gasteiger partial charge in [0.15, 0.2) is 0 Å². The highest BCUT2D eigenvalue weighted by atomic mass is 16.5. The van der Waals surface area contributed by atoms with Crippen LogP contribution in [0.1, 0.15) is 22.8 Å². The quantitative estimate of drug-likeness (QED) is 0.906. The summed E-state index contributed by atoms with van der Waals surface area (Å²) in [7, 11) is 1.65. The maximum atomic E-state index is 6.05. The predicted octanol–water partition coefficient (Wildman–Crippen LogP) is 3.39. The molecule has 20 heavy (non-hydrogen) atoms. The van der Waals surface area contributed by atoms with Crippen molar-refractivity contribution < 1.29 is 9.47 Å². The molecule has 106 valence electrons. The van der Waals surface area contributed by atoms with Crippen LogP contribution in [0.15, 0.2) is 42.5 Å². The van der Waals surface area contributed by atoms with Crippen LogP contribution < -0.4 is 15.2 Å². The van der Waals surface area contributed by atoms with Gasteiger partial charge in [-0.3, -0.25) is 0 Å². The molecule has 2 rings (SSSR count). The van der Waals surface area contributed by atoms with Gasteiger partial charge in [0.1, 0.15) is 17.6 Å². The number of hydrogen-bond donors (Lipinski definition) is 1. The molecule has 0 spiro atoms. The predicted molar refractivity (Wildman–Crippen MR) is 81.3 cm³/mol. The zero-order valence-electron chi connectivity index (χ0n) is 12.2. The SMILES string of the molecule is COc1cccc(C(CN)Oc2ccc(C)cc2C)c1. The van der Waals surface area contributed by atoms with Crippen LogP contribution in [-0.2, 0) is 0 Å². The summed E-state index contributed by atoms with van der Waals surface area (Å²) < 4.78 is 11.3. The van der Waals surface area contributed by atoms with Crippen molar-refractivity contribution >= 4 is 0 Å². The third-order valence-corrected chi connectivity index (χ3v) is 3.28. The summed E-state index contributed by atoms with van der Waals surface area (Å²) in [5.74, 6) is 1.68. The highest BCUT2D eigenvalue weighted by molar-refractivity contribution is 5.37. The van der Waals surface area contributed by atoms with Crippen molar-refractivity contribution in [3.8, 4) is 11.5 Å². The van der Waals surface area contributed by atoms with Crippen LogP contribution >= 0.6 is 0 Å². The standard InChI is InChI=1S/C17H21NO2/c1-12-7-8-16(13(2)9-12)20-17(11-18)14-5-4-6-15(10-14)19-3/h4-10,17H,11,18H2,1-3H3. The monoisotopic (exact) mass is 271 g/mol. The fourth-order valence-corrected chi connectivity index (χ4v) is 2.18. The molecule has 0 aliphatic carbocycles. The third kappa shape index (κ3) is 3.31. The normalized spacial score (nSPS) is 12.0. The van der Waals surface area contributed by atoms with Gasteiger partial charge in [0, 0.05) is 6.54 Å². The fourth-order valence-electron chi connectivity index (χ4n) is 2.18. The molecular formula is C17H21NO2. The number of nitrogens with two attached hydrogens (primary N) is 1. The molecule has 2 N–H and O–H groups in total. The summed E-state index contributed by atoms with van der Waals surface area (Å²) in [6, 6.07) is 14.0. The molecule has 2 aromatic rings. The van der Waals surface area contributed by atoms with Crippen LogP contribution in [0.3, 0.4) is 0 Å². The Balaban J connectivity index is 2.23. The molecule has 0 amide bonds. The lowest BCUT2D eigenvalue weighted by Gasteiger charge is -2.20. The number of hydrogen-bond acceptors (Lipinski definition) is 3. The molecule has 0 radical (unpaired) electrons. The first kappa shape index (κ1) is 14.4. The second-order valence-corrected chi connectivity index (χ2v) is 4.89. The highest BCUT2D eigenvalue weighted by Crippen LogP contribution is 2.27. The number of ether oxygens (including phenoxy) is 2. The van der Waals surface area contributed by atoms with Crippen LogP contribution in [-0.4, -0.2) is 13.7 Å². The van der Waals surface area contributed by atoms with E-state index >= 15 is 0 Å². The summed E-state index contributed by atoms with van der Waals surface area (Å²) in [4.78, 5) is 0. The molecule has 0 saturated carbocycles. The Morgan fingerprint density at radius 2 is 1.90 bits per heavy atom. The third-order valence-electron chi connectivity index (χ3n) is 3.28. The maximum Gasteiger partial charge on any atom is 0.136 e. The lowest BCUT2D eigenvalue weighted by Crippen LogP contribution is -2.18. The molecule has 0 fully saturated rings. The van der Waals surface area contributed by atoms with E-state index in [0.717, 1.165) is 22.6 Å². The van der Waals surface area contributed by atoms with E-state index in [9.17, 15) is 0 Å². The van der Waals surface area contributed by atoms with Gasteiger partial charge in [0.25, 0.3) is 0 Å². The summed E-state index contributed by atoms with van der Waals surface area (Å²) in [5.41, 5.74) is 9.22. The molecule has 3 heteroatoms. The molecule has 1 atom stereocenters. The molecular weight excluding hydrogens is 250 g/mol. The molecule has 0 bridgehead atoms. The van der Waals surface area contributed by atoms with Gasteiger partial charge in [-0.05, 0) is 43.2 Å². The summed E-state index contributed by atoms with van der Waals surface area (Å²) >= 11 is 0. The fraction of sp³-hybridized carbons (Fsp3) is 0.294. The molecule has 0 aliphatic heterocycles. The van der Waals surface area contributed by atoms with E-state index in [-0.39, 0.29) is 6.10 Å². The van der Waals surface area contributed by atoms with Crippen molar-refractivity contribution in [2.45, 2.75) is 20.0 Å². The summed E-state index contributed by atoms with van der Waals surface area (Å²) in [5, 5.41) is 0. The Bertz CT molecular complexity index is 581. The average molecular weight is 271 g/mol. The van der Waals surface area contributed by atoms with Gasteiger partial charge in [-0.2, -0.15) is 0 Å². The van der Waals surface area contributed by atoms with Gasteiger partial charge in [0.05, 0.1) is 7.11 Å². The zero-order valence-corrected chi connectivity index (χ0v) is 12.2. The van der Waals surface area contributed by atoms with Crippen molar-refractivity contribution in [1.82, 2.24) is 0 Å². The molecule has 0 heterocycles. The van der Waals surface area contributed by atoms with Gasteiger partial charge >= 0.3 is 0 Å². The second-order valence-electron chi connectivity index (χ2n) is 4.89. The van der Waals surface area contributed by atoms with Crippen LogP contribution in [0.4, 0.5) is 0 Å². The van der Waals surface area contributed by atoms with Crippen LogP contribution in [0.5, 0.6) is 11.5 Å². The van der Waals surface area contributed by atoms with E-state index in [1.165, 1.54) is 5.56 Å². The number of methoxy groups -OCH3 is 1. The van der Waals surface area contributed by atoms with Gasteiger partial charge in [-0.1, -0.05) is 29.8 Å². The molecule has 2 aromatic carbocycles. The first-order valence-corrected chi connectivity index (χ1v) is 6.72. The van der Waals surface area contributed by atoms with E-state index < -0.39 is 0 Å². The topological polar surface area (TPSA) is 44.5 Å². The van der Waals surface area contributed by atoms with Crippen molar-refractivity contribution in [3.63, 3.8) is 0 Å². The van der Waals surface area contributed by atoms with E-state index in [4.69, 9.17) is 15.2 Å². The Labute approximate surface area is 120 Å². The van der Waals surface area contributed by atoms with Crippen molar-refractivity contribution in [2.75, 3.05) is 13.7 Å². The lowest BCUT2D eigenvalue weighted by molar-refractivity contribution is 0.212. The Kier molecular flexibility index (Phi) is 4.64. The van der Waals surface area contributed by atoms with E-state index in [2.05, 4.69) is 13.0 Å². The second kappa shape index (κ2) is 6.44. The Hall–Kier alpha value is -2.00. The Morgan fingerprint density at radius 3 is 2.55 bits per heavy atom. The summed E-state index contributed by atoms with van der Waals surface area (Å²) in [6.45, 7) is 4.53. The van der Waals surface area contributed by atoms with Crippen LogP contribution in [0, 0.1) is 13.8 Å². The molecule has 0 aromatic heterocycles. The van der Waals surface area contributed by atoms with Crippen molar-refractivity contribution in [3.05, 3.63) is 59.2 Å². The average Bonchev–Trinajstić information content (AvgIpc) is 2.46. The number of benzene rings is 2. The molecule has 3 nitrogen and oxygen atoms in total. The highest BCUT2D eigenvalue weighted by Gasteiger charge is 2.13. The molecule has 0 aliphatic rings. The van der Waals surface area contributed by atoms with Crippen molar-refractivity contribution in [2.24, 2.45) is 5.73 Å². The number of aryl methyl sites for hydroxylation is 2. The largest absolute Gasteiger partial charge is 0.497 e. The minimum Gasteiger partial charge on any atom is -0.497 e. The Morgan fingerprint density at radius 1 is 1.10 bits per heavy atom. The first-order valence-electron chi connectivity index (χ1n) is 6.72. The van der Waals surface area contributed by atoms with Crippen LogP contribution in [0.25, 0.3) is 0 Å². The minimum absolute atomic E-state index is 0.175. The van der Waals surface area contributed by atoms with Gasteiger partial charge in [-0.15, -0.1) is 0 Å². The van der Waals surface area contributed by atoms with Crippen molar-refractivity contribution in [1.29, 1.82) is 0 Å². The number of rotatable bonds is 5. The first-order chi connectivity index (χ1) is 9.63. The summed E-state index contributed by atoms with van der Waals surface area (Å²) in [6.07, 6.45) is -0.175.